The van der Waals surface area contributed by atoms with Crippen LogP contribution in [0.5, 0.6) is 5.75 Å². The van der Waals surface area contributed by atoms with Crippen molar-refractivity contribution in [1.82, 2.24) is 10.6 Å². The predicted octanol–water partition coefficient (Wildman–Crippen LogP) is 2.92. The van der Waals surface area contributed by atoms with Gasteiger partial charge in [-0.3, -0.25) is 10.1 Å². The van der Waals surface area contributed by atoms with Gasteiger partial charge in [-0.05, 0) is 29.7 Å². The molecule has 1 aliphatic heterocycles. The number of alkyl halides is 2. The zero-order chi connectivity index (χ0) is 18.4. The molecule has 0 aliphatic carbocycles. The molecule has 1 amide bonds. The molecular weight excluding hydrogens is 338 g/mol. The Hall–Kier alpha value is -2.47. The Morgan fingerprint density at radius 1 is 1.12 bits per heavy atom. The second-order valence-electron chi connectivity index (χ2n) is 6.45. The van der Waals surface area contributed by atoms with Crippen molar-refractivity contribution in [3.05, 3.63) is 65.7 Å². The number of halogens is 2. The third-order valence-corrected chi connectivity index (χ3v) is 4.31. The summed E-state index contributed by atoms with van der Waals surface area (Å²) in [5.41, 5.74) is 2.15. The standard InChI is InChI=1S/C20H22F2N2O2/c21-20(22)12-18(24-14-20)19(25)23-11-10-15-6-8-17(9-7-15)26-13-16-4-2-1-3-5-16/h1-9,18,24H,10-14H2,(H,23,25). The number of ether oxygens (including phenoxy) is 1. The van der Waals surface area contributed by atoms with Crippen molar-refractivity contribution >= 4 is 5.91 Å². The van der Waals surface area contributed by atoms with Crippen LogP contribution in [0.25, 0.3) is 0 Å². The van der Waals surface area contributed by atoms with Crippen LogP contribution >= 0.6 is 0 Å². The van der Waals surface area contributed by atoms with Gasteiger partial charge >= 0.3 is 0 Å². The highest BCUT2D eigenvalue weighted by Crippen LogP contribution is 2.25. The van der Waals surface area contributed by atoms with E-state index in [0.717, 1.165) is 16.9 Å². The monoisotopic (exact) mass is 360 g/mol. The Balaban J connectivity index is 1.40. The predicted molar refractivity (Wildman–Crippen MR) is 95.3 cm³/mol. The highest BCUT2D eigenvalue weighted by Gasteiger charge is 2.42. The molecule has 1 unspecified atom stereocenters. The van der Waals surface area contributed by atoms with Crippen LogP contribution in [0.2, 0.25) is 0 Å². The minimum absolute atomic E-state index is 0.370. The molecule has 3 rings (SSSR count). The molecule has 138 valence electrons. The first kappa shape index (κ1) is 18.3. The molecule has 0 aromatic heterocycles. The Bertz CT molecular complexity index is 720. The average molecular weight is 360 g/mol. The lowest BCUT2D eigenvalue weighted by atomic mass is 10.1. The highest BCUT2D eigenvalue weighted by molar-refractivity contribution is 5.82. The van der Waals surface area contributed by atoms with E-state index in [0.29, 0.717) is 19.6 Å². The second kappa shape index (κ2) is 8.27. The van der Waals surface area contributed by atoms with Crippen molar-refractivity contribution in [1.29, 1.82) is 0 Å². The summed E-state index contributed by atoms with van der Waals surface area (Å²) in [6.45, 7) is 0.484. The van der Waals surface area contributed by atoms with Gasteiger partial charge in [-0.15, -0.1) is 0 Å². The third kappa shape index (κ3) is 5.26. The maximum absolute atomic E-state index is 13.1. The van der Waals surface area contributed by atoms with Crippen LogP contribution in [0.3, 0.4) is 0 Å². The molecule has 1 atom stereocenters. The highest BCUT2D eigenvalue weighted by atomic mass is 19.3. The van der Waals surface area contributed by atoms with Crippen LogP contribution in [0.1, 0.15) is 17.5 Å². The maximum atomic E-state index is 13.1. The molecule has 2 N–H and O–H groups in total. The lowest BCUT2D eigenvalue weighted by Gasteiger charge is -2.11. The smallest absolute Gasteiger partial charge is 0.262 e. The Morgan fingerprint density at radius 2 is 1.85 bits per heavy atom. The fraction of sp³-hybridized carbons (Fsp3) is 0.350. The molecular formula is C20H22F2N2O2. The van der Waals surface area contributed by atoms with Crippen LogP contribution in [-0.4, -0.2) is 31.0 Å². The molecule has 4 nitrogen and oxygen atoms in total. The molecule has 0 radical (unpaired) electrons. The van der Waals surface area contributed by atoms with E-state index in [4.69, 9.17) is 4.74 Å². The number of hydrogen-bond acceptors (Lipinski definition) is 3. The lowest BCUT2D eigenvalue weighted by molar-refractivity contribution is -0.123. The molecule has 1 aliphatic rings. The molecule has 1 saturated heterocycles. The van der Waals surface area contributed by atoms with Crippen molar-refractivity contribution in [2.45, 2.75) is 31.4 Å². The number of carbonyl (C=O) groups excluding carboxylic acids is 1. The Morgan fingerprint density at radius 3 is 2.50 bits per heavy atom. The van der Waals surface area contributed by atoms with E-state index in [-0.39, 0.29) is 5.91 Å². The Labute approximate surface area is 151 Å². The number of hydrogen-bond donors (Lipinski definition) is 2. The number of amides is 1. The summed E-state index contributed by atoms with van der Waals surface area (Å²) in [5, 5.41) is 5.26. The number of carbonyl (C=O) groups is 1. The summed E-state index contributed by atoms with van der Waals surface area (Å²) in [4.78, 5) is 11.9. The van der Waals surface area contributed by atoms with Gasteiger partial charge in [0.25, 0.3) is 5.92 Å². The first-order chi connectivity index (χ1) is 12.5. The van der Waals surface area contributed by atoms with Crippen LogP contribution in [-0.2, 0) is 17.8 Å². The summed E-state index contributed by atoms with van der Waals surface area (Å²) in [7, 11) is 0. The molecule has 0 spiro atoms. The Kier molecular flexibility index (Phi) is 5.83. The average Bonchev–Trinajstić information content (AvgIpc) is 3.02. The van der Waals surface area contributed by atoms with Gasteiger partial charge in [0, 0.05) is 13.0 Å². The van der Waals surface area contributed by atoms with Gasteiger partial charge in [-0.1, -0.05) is 42.5 Å². The van der Waals surface area contributed by atoms with Crippen molar-refractivity contribution in [3.8, 4) is 5.75 Å². The van der Waals surface area contributed by atoms with E-state index in [1.165, 1.54) is 0 Å². The molecule has 0 saturated carbocycles. The van der Waals surface area contributed by atoms with Gasteiger partial charge in [-0.25, -0.2) is 8.78 Å². The van der Waals surface area contributed by atoms with E-state index in [1.54, 1.807) is 0 Å². The van der Waals surface area contributed by atoms with Gasteiger partial charge in [0.2, 0.25) is 5.91 Å². The molecule has 2 aromatic rings. The molecule has 26 heavy (non-hydrogen) atoms. The molecule has 6 heteroatoms. The fourth-order valence-electron chi connectivity index (χ4n) is 2.85. The quantitative estimate of drug-likeness (QED) is 0.798. The normalized spacial score (nSPS) is 18.5. The van der Waals surface area contributed by atoms with Crippen LogP contribution < -0.4 is 15.4 Å². The maximum Gasteiger partial charge on any atom is 0.262 e. The fourth-order valence-corrected chi connectivity index (χ4v) is 2.85. The van der Waals surface area contributed by atoms with Crippen molar-refractivity contribution in [2.75, 3.05) is 13.1 Å². The minimum atomic E-state index is -2.79. The zero-order valence-electron chi connectivity index (χ0n) is 14.4. The van der Waals surface area contributed by atoms with Gasteiger partial charge in [-0.2, -0.15) is 0 Å². The van der Waals surface area contributed by atoms with Crippen LogP contribution in [0.4, 0.5) is 8.78 Å². The van der Waals surface area contributed by atoms with Crippen LogP contribution in [0, 0.1) is 0 Å². The molecule has 0 bridgehead atoms. The van der Waals surface area contributed by atoms with Crippen molar-refractivity contribution < 1.29 is 18.3 Å². The molecule has 2 aromatic carbocycles. The molecule has 1 heterocycles. The SMILES string of the molecule is O=C(NCCc1ccc(OCc2ccccc2)cc1)C1CC(F)(F)CN1. The number of rotatable bonds is 7. The first-order valence-corrected chi connectivity index (χ1v) is 8.66. The van der Waals surface area contributed by atoms with Gasteiger partial charge in [0.1, 0.15) is 12.4 Å². The topological polar surface area (TPSA) is 50.4 Å². The molecule has 1 fully saturated rings. The van der Waals surface area contributed by atoms with E-state index >= 15 is 0 Å². The first-order valence-electron chi connectivity index (χ1n) is 8.66. The largest absolute Gasteiger partial charge is 0.489 e. The van der Waals surface area contributed by atoms with E-state index in [9.17, 15) is 13.6 Å². The summed E-state index contributed by atoms with van der Waals surface area (Å²) in [5.74, 6) is -2.39. The number of nitrogens with one attached hydrogen (secondary N) is 2. The summed E-state index contributed by atoms with van der Waals surface area (Å²) in [6.07, 6.45) is 0.195. The van der Waals surface area contributed by atoms with Crippen molar-refractivity contribution in [3.63, 3.8) is 0 Å². The van der Waals surface area contributed by atoms with E-state index in [2.05, 4.69) is 10.6 Å². The van der Waals surface area contributed by atoms with Gasteiger partial charge < -0.3 is 10.1 Å². The van der Waals surface area contributed by atoms with Crippen LogP contribution in [0.15, 0.2) is 54.6 Å². The lowest BCUT2D eigenvalue weighted by Crippen LogP contribution is -2.41. The van der Waals surface area contributed by atoms with Gasteiger partial charge in [0.15, 0.2) is 0 Å². The summed E-state index contributed by atoms with van der Waals surface area (Å²) >= 11 is 0. The minimum Gasteiger partial charge on any atom is -0.489 e. The van der Waals surface area contributed by atoms with Crippen molar-refractivity contribution in [2.24, 2.45) is 0 Å². The van der Waals surface area contributed by atoms with Gasteiger partial charge in [0.05, 0.1) is 12.6 Å². The van der Waals surface area contributed by atoms with E-state index in [1.807, 2.05) is 54.6 Å². The second-order valence-corrected chi connectivity index (χ2v) is 6.45. The summed E-state index contributed by atoms with van der Waals surface area (Å²) in [6, 6.07) is 16.8. The van der Waals surface area contributed by atoms with E-state index < -0.39 is 24.9 Å². The third-order valence-electron chi connectivity index (χ3n) is 4.31. The number of benzene rings is 2. The summed E-state index contributed by atoms with van der Waals surface area (Å²) < 4.78 is 31.9. The zero-order valence-corrected chi connectivity index (χ0v) is 14.4.